The average Bonchev–Trinajstić information content (AvgIpc) is 3.21. The van der Waals surface area contributed by atoms with Crippen molar-refractivity contribution in [3.8, 4) is 11.5 Å². The molecule has 0 radical (unpaired) electrons. The van der Waals surface area contributed by atoms with Crippen molar-refractivity contribution < 1.29 is 9.47 Å². The summed E-state index contributed by atoms with van der Waals surface area (Å²) in [5, 5.41) is 0. The molecule has 0 spiro atoms. The molecule has 2 heterocycles. The number of hydrogen-bond donors (Lipinski definition) is 0. The van der Waals surface area contributed by atoms with E-state index in [2.05, 4.69) is 30.3 Å². The summed E-state index contributed by atoms with van der Waals surface area (Å²) in [5.41, 5.74) is 6.44. The summed E-state index contributed by atoms with van der Waals surface area (Å²) in [6.45, 7) is 0. The topological polar surface area (TPSA) is 52.8 Å². The van der Waals surface area contributed by atoms with Gasteiger partial charge in [0, 0.05) is 11.1 Å². The third-order valence-corrected chi connectivity index (χ3v) is 7.68. The average molecular weight is 481 g/mol. The second kappa shape index (κ2) is 8.71. The molecule has 0 N–H and O–H groups in total. The molecule has 0 saturated heterocycles. The van der Waals surface area contributed by atoms with Crippen LogP contribution in [0.1, 0.15) is 34.7 Å². The van der Waals surface area contributed by atoms with Gasteiger partial charge in [-0.15, -0.1) is 0 Å². The summed E-state index contributed by atoms with van der Waals surface area (Å²) in [6, 6.07) is 23.9. The number of aromatic nitrogens is 1. The van der Waals surface area contributed by atoms with Gasteiger partial charge in [0.1, 0.15) is 11.5 Å². The minimum absolute atomic E-state index is 0.0436. The maximum absolute atomic E-state index is 13.9. The zero-order valence-corrected chi connectivity index (χ0v) is 20.3. The van der Waals surface area contributed by atoms with E-state index < -0.39 is 0 Å². The van der Waals surface area contributed by atoms with Crippen molar-refractivity contribution in [2.75, 3.05) is 14.2 Å². The Hall–Kier alpha value is -3.90. The van der Waals surface area contributed by atoms with Crippen molar-refractivity contribution in [2.24, 2.45) is 4.99 Å². The van der Waals surface area contributed by atoms with Crippen LogP contribution in [0.15, 0.2) is 88.2 Å². The van der Waals surface area contributed by atoms with Crippen molar-refractivity contribution in [3.05, 3.63) is 120 Å². The molecular formula is C29H24N2O3S. The largest absolute Gasteiger partial charge is 0.497 e. The first-order valence-electron chi connectivity index (χ1n) is 11.6. The van der Waals surface area contributed by atoms with Crippen LogP contribution in [0.3, 0.4) is 0 Å². The number of allylic oxidation sites excluding steroid dienone is 1. The Labute approximate surface area is 206 Å². The highest BCUT2D eigenvalue weighted by Gasteiger charge is 2.33. The molecule has 0 amide bonds. The fraction of sp³-hybridized carbons (Fsp3) is 0.172. The van der Waals surface area contributed by atoms with E-state index in [1.165, 1.54) is 16.9 Å². The van der Waals surface area contributed by atoms with Crippen LogP contribution in [0.5, 0.6) is 11.5 Å². The maximum atomic E-state index is 13.9. The minimum Gasteiger partial charge on any atom is -0.497 e. The summed E-state index contributed by atoms with van der Waals surface area (Å²) in [6.07, 6.45) is 3.69. The quantitative estimate of drug-likeness (QED) is 0.437. The third kappa shape index (κ3) is 3.61. The molecule has 6 rings (SSSR count). The summed E-state index contributed by atoms with van der Waals surface area (Å²) >= 11 is 1.42. The van der Waals surface area contributed by atoms with Gasteiger partial charge in [-0.1, -0.05) is 65.9 Å². The van der Waals surface area contributed by atoms with Gasteiger partial charge in [-0.2, -0.15) is 0 Å². The lowest BCUT2D eigenvalue weighted by atomic mass is 9.83. The molecule has 6 heteroatoms. The number of thiazole rings is 1. The normalized spacial score (nSPS) is 16.7. The Kier molecular flexibility index (Phi) is 5.38. The van der Waals surface area contributed by atoms with E-state index in [-0.39, 0.29) is 11.6 Å². The lowest BCUT2D eigenvalue weighted by molar-refractivity contribution is 0.402. The van der Waals surface area contributed by atoms with E-state index in [1.807, 2.05) is 53.1 Å². The van der Waals surface area contributed by atoms with Crippen molar-refractivity contribution in [1.82, 2.24) is 4.57 Å². The van der Waals surface area contributed by atoms with Crippen LogP contribution in [0.4, 0.5) is 0 Å². The zero-order chi connectivity index (χ0) is 23.9. The van der Waals surface area contributed by atoms with Crippen LogP contribution >= 0.6 is 11.3 Å². The number of aryl methyl sites for hydroxylation is 1. The molecule has 0 saturated carbocycles. The number of methoxy groups -OCH3 is 2. The molecule has 1 aliphatic carbocycles. The van der Waals surface area contributed by atoms with E-state index in [4.69, 9.17) is 14.5 Å². The highest BCUT2D eigenvalue weighted by atomic mass is 32.1. The summed E-state index contributed by atoms with van der Waals surface area (Å²) in [4.78, 5) is 19.6. The van der Waals surface area contributed by atoms with Crippen molar-refractivity contribution >= 4 is 23.1 Å². The highest BCUT2D eigenvalue weighted by Crippen LogP contribution is 2.43. The molecule has 1 unspecified atom stereocenters. The number of ether oxygens (including phenoxy) is 2. The molecule has 35 heavy (non-hydrogen) atoms. The first-order chi connectivity index (χ1) is 17.2. The van der Waals surface area contributed by atoms with Crippen LogP contribution in [-0.4, -0.2) is 18.8 Å². The number of rotatable bonds is 4. The number of benzene rings is 3. The molecule has 1 aromatic heterocycles. The van der Waals surface area contributed by atoms with Crippen LogP contribution < -0.4 is 24.4 Å². The van der Waals surface area contributed by atoms with Crippen molar-refractivity contribution in [3.63, 3.8) is 0 Å². The van der Waals surface area contributed by atoms with E-state index >= 15 is 0 Å². The van der Waals surface area contributed by atoms with Gasteiger partial charge in [-0.05, 0) is 53.8 Å². The van der Waals surface area contributed by atoms with Crippen molar-refractivity contribution in [1.29, 1.82) is 0 Å². The lowest BCUT2D eigenvalue weighted by Crippen LogP contribution is -2.38. The van der Waals surface area contributed by atoms with Gasteiger partial charge in [0.15, 0.2) is 4.80 Å². The maximum Gasteiger partial charge on any atom is 0.271 e. The van der Waals surface area contributed by atoms with Gasteiger partial charge >= 0.3 is 0 Å². The standard InChI is InChI=1S/C29H24N2O3S/c1-33-20-10-7-8-18(16-20)17-25-28(32)31-27(22-12-5-6-13-24(22)34-2)23-15-14-19-9-3-4-11-21(19)26(23)30-29(31)35-25/h3-13,16-17,27H,14-15H2,1-2H3/b25-17-. The van der Waals surface area contributed by atoms with Crippen LogP contribution in [0.25, 0.3) is 11.8 Å². The smallest absolute Gasteiger partial charge is 0.271 e. The zero-order valence-electron chi connectivity index (χ0n) is 19.5. The van der Waals surface area contributed by atoms with Gasteiger partial charge in [0.05, 0.1) is 30.5 Å². The number of para-hydroxylation sites is 1. The minimum atomic E-state index is -0.266. The number of hydrogen-bond acceptors (Lipinski definition) is 5. The fourth-order valence-electron chi connectivity index (χ4n) is 5.07. The Morgan fingerprint density at radius 2 is 1.80 bits per heavy atom. The van der Waals surface area contributed by atoms with Gasteiger partial charge in [-0.3, -0.25) is 9.36 Å². The number of nitrogens with zero attached hydrogens (tertiary/aromatic N) is 2. The second-order valence-corrected chi connectivity index (χ2v) is 9.64. The Morgan fingerprint density at radius 1 is 0.971 bits per heavy atom. The molecular weight excluding hydrogens is 456 g/mol. The van der Waals surface area contributed by atoms with E-state index in [0.717, 1.165) is 52.3 Å². The fourth-order valence-corrected chi connectivity index (χ4v) is 6.07. The highest BCUT2D eigenvalue weighted by molar-refractivity contribution is 7.07. The molecule has 174 valence electrons. The van der Waals surface area contributed by atoms with E-state index in [9.17, 15) is 4.79 Å². The predicted octanol–water partition coefficient (Wildman–Crippen LogP) is 4.34. The third-order valence-electron chi connectivity index (χ3n) is 6.70. The monoisotopic (exact) mass is 480 g/mol. The van der Waals surface area contributed by atoms with Gasteiger partial charge in [0.25, 0.3) is 5.56 Å². The van der Waals surface area contributed by atoms with Gasteiger partial charge in [-0.25, -0.2) is 4.99 Å². The molecule has 0 bridgehead atoms. The molecule has 1 aliphatic heterocycles. The first kappa shape index (κ1) is 21.6. The molecule has 1 atom stereocenters. The number of fused-ring (bicyclic) bond motifs is 3. The molecule has 5 nitrogen and oxygen atoms in total. The van der Waals surface area contributed by atoms with Gasteiger partial charge in [0.2, 0.25) is 0 Å². The first-order valence-corrected chi connectivity index (χ1v) is 12.4. The van der Waals surface area contributed by atoms with Crippen molar-refractivity contribution in [2.45, 2.75) is 18.9 Å². The summed E-state index contributed by atoms with van der Waals surface area (Å²) in [7, 11) is 3.32. The van der Waals surface area contributed by atoms with Crippen LogP contribution in [0.2, 0.25) is 0 Å². The molecule has 3 aromatic carbocycles. The lowest BCUT2D eigenvalue weighted by Gasteiger charge is -2.31. The SMILES string of the molecule is COc1cccc(/C=c2\sc3n(c2=O)C(c2ccccc2OC)C2=C(N=3)c3ccccc3CC2)c1. The Balaban J connectivity index is 1.63. The van der Waals surface area contributed by atoms with Crippen LogP contribution in [0, 0.1) is 0 Å². The molecule has 2 aliphatic rings. The second-order valence-electron chi connectivity index (χ2n) is 8.63. The summed E-state index contributed by atoms with van der Waals surface area (Å²) in [5.74, 6) is 1.53. The molecule has 4 aromatic rings. The summed E-state index contributed by atoms with van der Waals surface area (Å²) < 4.78 is 13.6. The Morgan fingerprint density at radius 3 is 2.66 bits per heavy atom. The molecule has 0 fully saturated rings. The van der Waals surface area contributed by atoms with E-state index in [1.54, 1.807) is 14.2 Å². The van der Waals surface area contributed by atoms with E-state index in [0.29, 0.717) is 9.33 Å². The van der Waals surface area contributed by atoms with Gasteiger partial charge < -0.3 is 9.47 Å². The Bertz CT molecular complexity index is 1660. The predicted molar refractivity (Wildman–Crippen MR) is 139 cm³/mol. The van der Waals surface area contributed by atoms with Crippen LogP contribution in [-0.2, 0) is 6.42 Å².